The zero-order valence-corrected chi connectivity index (χ0v) is 17.8. The first-order chi connectivity index (χ1) is 13.3. The van der Waals surface area contributed by atoms with Crippen molar-refractivity contribution >= 4 is 34.5 Å². The molecule has 1 aromatic rings. The van der Waals surface area contributed by atoms with E-state index in [1.54, 1.807) is 19.9 Å². The SMILES string of the molecule is CCN(CC)c1ccc(N=C2C=C(C(C)OOCN)C(=O)C(Cl)=C2C)c(C)c1. The van der Waals surface area contributed by atoms with Gasteiger partial charge in [-0.3, -0.25) is 4.79 Å². The van der Waals surface area contributed by atoms with Crippen LogP contribution in [0.1, 0.15) is 33.3 Å². The summed E-state index contributed by atoms with van der Waals surface area (Å²) < 4.78 is 0. The van der Waals surface area contributed by atoms with Crippen LogP contribution in [-0.4, -0.2) is 37.4 Å². The fraction of sp³-hybridized carbons (Fsp3) is 0.429. The number of rotatable bonds is 8. The number of halogens is 1. The average Bonchev–Trinajstić information content (AvgIpc) is 2.69. The minimum Gasteiger partial charge on any atom is -0.372 e. The van der Waals surface area contributed by atoms with Crippen molar-refractivity contribution in [3.05, 3.63) is 46.0 Å². The molecule has 0 aliphatic heterocycles. The summed E-state index contributed by atoms with van der Waals surface area (Å²) in [5.74, 6) is -0.292. The van der Waals surface area contributed by atoms with Gasteiger partial charge in [-0.15, -0.1) is 0 Å². The number of nitrogens with zero attached hydrogens (tertiary/aromatic N) is 2. The molecule has 28 heavy (non-hydrogen) atoms. The molecule has 0 amide bonds. The van der Waals surface area contributed by atoms with Gasteiger partial charge in [0.2, 0.25) is 5.78 Å². The van der Waals surface area contributed by atoms with E-state index in [-0.39, 0.29) is 17.5 Å². The third kappa shape index (κ3) is 4.89. The Kier molecular flexibility index (Phi) is 7.95. The molecule has 0 saturated carbocycles. The Morgan fingerprint density at radius 2 is 1.93 bits per heavy atom. The number of hydrogen-bond donors (Lipinski definition) is 1. The third-order valence-electron chi connectivity index (χ3n) is 4.74. The third-order valence-corrected chi connectivity index (χ3v) is 5.19. The molecule has 1 aliphatic rings. The molecule has 2 rings (SSSR count). The van der Waals surface area contributed by atoms with Crippen molar-refractivity contribution in [2.75, 3.05) is 24.7 Å². The Morgan fingerprint density at radius 3 is 2.50 bits per heavy atom. The van der Waals surface area contributed by atoms with Crippen LogP contribution in [0.5, 0.6) is 0 Å². The lowest BCUT2D eigenvalue weighted by Gasteiger charge is -2.22. The number of nitrogens with two attached hydrogens (primary N) is 1. The van der Waals surface area contributed by atoms with Crippen LogP contribution in [0.4, 0.5) is 11.4 Å². The molecule has 1 aromatic carbocycles. The zero-order chi connectivity index (χ0) is 20.8. The van der Waals surface area contributed by atoms with Crippen LogP contribution in [0, 0.1) is 6.92 Å². The number of Topliss-reactive ketones (excluding diaryl/α,β-unsaturated/α-hetero) is 1. The van der Waals surface area contributed by atoms with Crippen molar-refractivity contribution in [2.24, 2.45) is 10.7 Å². The van der Waals surface area contributed by atoms with Crippen LogP contribution in [-0.2, 0) is 14.6 Å². The second kappa shape index (κ2) is 9.98. The van der Waals surface area contributed by atoms with Crippen LogP contribution in [0.2, 0.25) is 0 Å². The number of anilines is 1. The van der Waals surface area contributed by atoms with Crippen molar-refractivity contribution in [3.63, 3.8) is 0 Å². The molecule has 0 spiro atoms. The minimum atomic E-state index is -0.616. The molecule has 1 unspecified atom stereocenters. The van der Waals surface area contributed by atoms with Crippen LogP contribution >= 0.6 is 11.6 Å². The lowest BCUT2D eigenvalue weighted by molar-refractivity contribution is -0.310. The fourth-order valence-corrected chi connectivity index (χ4v) is 3.23. The lowest BCUT2D eigenvalue weighted by atomic mass is 9.94. The van der Waals surface area contributed by atoms with Gasteiger partial charge in [-0.25, -0.2) is 14.8 Å². The standard InChI is InChI=1S/C21H28ClN3O3/c1-6-25(7-2)16-8-9-18(13(3)10-16)24-19-11-17(15(5)28-27-12-23)21(26)20(22)14(19)4/h8-11,15H,6-7,12,23H2,1-5H3. The molecule has 1 atom stereocenters. The van der Waals surface area contributed by atoms with Crippen molar-refractivity contribution in [1.29, 1.82) is 0 Å². The van der Waals surface area contributed by atoms with E-state index in [9.17, 15) is 4.79 Å². The lowest BCUT2D eigenvalue weighted by Crippen LogP contribution is -2.25. The first-order valence-electron chi connectivity index (χ1n) is 9.39. The van der Waals surface area contributed by atoms with Crippen molar-refractivity contribution in [1.82, 2.24) is 0 Å². The van der Waals surface area contributed by atoms with E-state index in [0.29, 0.717) is 16.9 Å². The summed E-state index contributed by atoms with van der Waals surface area (Å²) in [6, 6.07) is 6.16. The number of benzene rings is 1. The minimum absolute atomic E-state index is 0.104. The highest BCUT2D eigenvalue weighted by molar-refractivity contribution is 6.49. The van der Waals surface area contributed by atoms with E-state index in [4.69, 9.17) is 32.1 Å². The smallest absolute Gasteiger partial charge is 0.203 e. The summed E-state index contributed by atoms with van der Waals surface area (Å²) in [6.07, 6.45) is 1.08. The van der Waals surface area contributed by atoms with Crippen molar-refractivity contribution in [2.45, 2.75) is 40.7 Å². The molecular formula is C21H28ClN3O3. The molecule has 1 aliphatic carbocycles. The monoisotopic (exact) mass is 405 g/mol. The van der Waals surface area contributed by atoms with Gasteiger partial charge in [0.25, 0.3) is 0 Å². The van der Waals surface area contributed by atoms with Gasteiger partial charge in [-0.1, -0.05) is 11.6 Å². The maximum absolute atomic E-state index is 12.5. The summed E-state index contributed by atoms with van der Waals surface area (Å²) in [6.45, 7) is 11.6. The maximum Gasteiger partial charge on any atom is 0.203 e. The first kappa shape index (κ1) is 22.3. The summed E-state index contributed by atoms with van der Waals surface area (Å²) in [5, 5.41) is 0.136. The number of carbonyl (C=O) groups excluding carboxylic acids is 1. The Hall–Kier alpha value is -1.99. The molecule has 0 heterocycles. The van der Waals surface area contributed by atoms with E-state index in [1.165, 1.54) is 0 Å². The van der Waals surface area contributed by atoms with E-state index < -0.39 is 6.10 Å². The van der Waals surface area contributed by atoms with Crippen molar-refractivity contribution < 1.29 is 14.6 Å². The second-order valence-corrected chi connectivity index (χ2v) is 6.91. The Labute approximate surface area is 171 Å². The average molecular weight is 406 g/mol. The highest BCUT2D eigenvalue weighted by Gasteiger charge is 2.28. The zero-order valence-electron chi connectivity index (χ0n) is 17.1. The van der Waals surface area contributed by atoms with Crippen LogP contribution in [0.25, 0.3) is 0 Å². The van der Waals surface area contributed by atoms with Gasteiger partial charge in [-0.05, 0) is 70.0 Å². The van der Waals surface area contributed by atoms with Gasteiger partial charge >= 0.3 is 0 Å². The van der Waals surface area contributed by atoms with Gasteiger partial charge < -0.3 is 10.6 Å². The molecule has 152 valence electrons. The predicted molar refractivity (Wildman–Crippen MR) is 114 cm³/mol. The highest BCUT2D eigenvalue weighted by Crippen LogP contribution is 2.30. The quantitative estimate of drug-likeness (QED) is 0.303. The number of allylic oxidation sites excluding steroid dienone is 3. The van der Waals surface area contributed by atoms with Crippen LogP contribution < -0.4 is 10.6 Å². The van der Waals surface area contributed by atoms with E-state index in [2.05, 4.69) is 30.9 Å². The van der Waals surface area contributed by atoms with E-state index in [1.807, 2.05) is 13.0 Å². The molecule has 0 fully saturated rings. The summed E-state index contributed by atoms with van der Waals surface area (Å²) in [7, 11) is 0. The molecular weight excluding hydrogens is 378 g/mol. The molecule has 0 radical (unpaired) electrons. The topological polar surface area (TPSA) is 77.2 Å². The molecule has 0 saturated heterocycles. The van der Waals surface area contributed by atoms with E-state index >= 15 is 0 Å². The molecule has 2 N–H and O–H groups in total. The maximum atomic E-state index is 12.5. The molecule has 0 bridgehead atoms. The van der Waals surface area contributed by atoms with E-state index in [0.717, 1.165) is 30.0 Å². The van der Waals surface area contributed by atoms with Gasteiger partial charge in [0.15, 0.2) is 0 Å². The molecule has 6 nitrogen and oxygen atoms in total. The number of carbonyl (C=O) groups is 1. The predicted octanol–water partition coefficient (Wildman–Crippen LogP) is 4.19. The second-order valence-electron chi connectivity index (χ2n) is 6.53. The normalized spacial score (nSPS) is 17.2. The Morgan fingerprint density at radius 1 is 1.25 bits per heavy atom. The van der Waals surface area contributed by atoms with Crippen LogP contribution in [0.3, 0.4) is 0 Å². The number of ketones is 1. The van der Waals surface area contributed by atoms with Gasteiger partial charge in [0, 0.05) is 24.4 Å². The number of hydrogen-bond acceptors (Lipinski definition) is 6. The Bertz CT molecular complexity index is 826. The largest absolute Gasteiger partial charge is 0.372 e. The van der Waals surface area contributed by atoms with Gasteiger partial charge in [-0.2, -0.15) is 0 Å². The summed E-state index contributed by atoms with van der Waals surface area (Å²) in [5.41, 5.74) is 9.94. The molecule has 7 heteroatoms. The molecule has 0 aromatic heterocycles. The number of aliphatic imine (C=N–C) groups is 1. The number of aryl methyl sites for hydroxylation is 1. The highest BCUT2D eigenvalue weighted by atomic mass is 35.5. The van der Waals surface area contributed by atoms with Gasteiger partial charge in [0.05, 0.1) is 16.4 Å². The fourth-order valence-electron chi connectivity index (χ4n) is 3.02. The Balaban J connectivity index is 2.42. The summed E-state index contributed by atoms with van der Waals surface area (Å²) >= 11 is 6.28. The summed E-state index contributed by atoms with van der Waals surface area (Å²) in [4.78, 5) is 29.4. The first-order valence-corrected chi connectivity index (χ1v) is 9.77. The van der Waals surface area contributed by atoms with Gasteiger partial charge in [0.1, 0.15) is 12.8 Å². The van der Waals surface area contributed by atoms with Crippen LogP contribution in [0.15, 0.2) is 45.4 Å². The van der Waals surface area contributed by atoms with Crippen molar-refractivity contribution in [3.8, 4) is 0 Å².